The SMILES string of the molecule is CC=CC1CCC(C2CCC(/C=C/C3CCCCC3)CC2)CC1. The first kappa shape index (κ1) is 17.3. The second-order valence-corrected chi connectivity index (χ2v) is 8.66. The Balaban J connectivity index is 1.37. The van der Waals surface area contributed by atoms with E-state index >= 15 is 0 Å². The van der Waals surface area contributed by atoms with Crippen molar-refractivity contribution in [1.82, 2.24) is 0 Å². The van der Waals surface area contributed by atoms with Gasteiger partial charge >= 0.3 is 0 Å². The van der Waals surface area contributed by atoms with Crippen LogP contribution in [0.3, 0.4) is 0 Å². The molecule has 130 valence electrons. The van der Waals surface area contributed by atoms with E-state index < -0.39 is 0 Å². The van der Waals surface area contributed by atoms with Crippen LogP contribution in [0.2, 0.25) is 0 Å². The number of hydrogen-bond acceptors (Lipinski definition) is 0. The van der Waals surface area contributed by atoms with Crippen LogP contribution < -0.4 is 0 Å². The molecule has 0 bridgehead atoms. The first-order chi connectivity index (χ1) is 11.3. The van der Waals surface area contributed by atoms with Crippen molar-refractivity contribution in [1.29, 1.82) is 0 Å². The Morgan fingerprint density at radius 3 is 1.39 bits per heavy atom. The largest absolute Gasteiger partial charge is 0.0914 e. The second-order valence-electron chi connectivity index (χ2n) is 8.66. The Labute approximate surface area is 144 Å². The standard InChI is InChI=1S/C23H38/c1-2-6-19-11-15-22(16-12-19)23-17-13-21(14-18-23)10-9-20-7-4-3-5-8-20/h2,6,9-10,19-23H,3-5,7-8,11-18H2,1H3/b6-2?,10-9+. The molecule has 3 rings (SSSR count). The zero-order valence-electron chi connectivity index (χ0n) is 15.4. The maximum absolute atomic E-state index is 2.62. The summed E-state index contributed by atoms with van der Waals surface area (Å²) in [5, 5.41) is 0. The van der Waals surface area contributed by atoms with Crippen LogP contribution in [-0.4, -0.2) is 0 Å². The van der Waals surface area contributed by atoms with Crippen molar-refractivity contribution in [3.8, 4) is 0 Å². The average molecular weight is 315 g/mol. The summed E-state index contributed by atoms with van der Waals surface area (Å²) >= 11 is 0. The molecule has 0 radical (unpaired) electrons. The Morgan fingerprint density at radius 1 is 0.478 bits per heavy atom. The molecule has 3 fully saturated rings. The third-order valence-corrected chi connectivity index (χ3v) is 7.07. The number of hydrogen-bond donors (Lipinski definition) is 0. The molecule has 0 aromatic heterocycles. The van der Waals surface area contributed by atoms with Crippen molar-refractivity contribution in [2.45, 2.75) is 90.4 Å². The monoisotopic (exact) mass is 314 g/mol. The van der Waals surface area contributed by atoms with Crippen LogP contribution in [0.4, 0.5) is 0 Å². The van der Waals surface area contributed by atoms with Gasteiger partial charge in [0, 0.05) is 0 Å². The third kappa shape index (κ3) is 5.23. The van der Waals surface area contributed by atoms with Gasteiger partial charge in [-0.1, -0.05) is 43.6 Å². The molecule has 0 saturated heterocycles. The molecule has 0 atom stereocenters. The lowest BCUT2D eigenvalue weighted by Crippen LogP contribution is -2.25. The van der Waals surface area contributed by atoms with E-state index in [4.69, 9.17) is 0 Å². The Morgan fingerprint density at radius 2 is 0.913 bits per heavy atom. The fourth-order valence-electron chi connectivity index (χ4n) is 5.53. The maximum Gasteiger partial charge on any atom is -0.0233 e. The molecular weight excluding hydrogens is 276 g/mol. The number of rotatable bonds is 4. The van der Waals surface area contributed by atoms with Crippen molar-refractivity contribution in [2.24, 2.45) is 29.6 Å². The smallest absolute Gasteiger partial charge is 0.0233 e. The zero-order valence-corrected chi connectivity index (χ0v) is 15.4. The zero-order chi connectivity index (χ0) is 15.9. The molecule has 3 aliphatic rings. The molecule has 0 amide bonds. The molecule has 0 unspecified atom stereocenters. The van der Waals surface area contributed by atoms with E-state index in [0.717, 1.165) is 29.6 Å². The Bertz CT molecular complexity index is 369. The quantitative estimate of drug-likeness (QED) is 0.477. The van der Waals surface area contributed by atoms with Gasteiger partial charge in [0.25, 0.3) is 0 Å². The van der Waals surface area contributed by atoms with Gasteiger partial charge < -0.3 is 0 Å². The molecule has 0 heterocycles. The lowest BCUT2D eigenvalue weighted by Gasteiger charge is -2.37. The lowest BCUT2D eigenvalue weighted by atomic mass is 9.69. The molecule has 3 saturated carbocycles. The minimum absolute atomic E-state index is 0.894. The van der Waals surface area contributed by atoms with E-state index in [1.165, 1.54) is 83.5 Å². The van der Waals surface area contributed by atoms with Crippen LogP contribution >= 0.6 is 0 Å². The van der Waals surface area contributed by atoms with E-state index in [0.29, 0.717) is 0 Å². The molecule has 0 aromatic carbocycles. The van der Waals surface area contributed by atoms with Gasteiger partial charge in [-0.3, -0.25) is 0 Å². The number of allylic oxidation sites excluding steroid dienone is 4. The first-order valence-corrected chi connectivity index (χ1v) is 10.7. The van der Waals surface area contributed by atoms with Gasteiger partial charge in [-0.25, -0.2) is 0 Å². The van der Waals surface area contributed by atoms with E-state index in [1.807, 2.05) is 0 Å². The topological polar surface area (TPSA) is 0 Å². The molecule has 0 aliphatic heterocycles. The summed E-state index contributed by atoms with van der Waals surface area (Å²) in [6, 6.07) is 0. The van der Waals surface area contributed by atoms with Gasteiger partial charge in [-0.05, 0) is 101 Å². The minimum atomic E-state index is 0.894. The van der Waals surface area contributed by atoms with Crippen LogP contribution in [0.25, 0.3) is 0 Å². The first-order valence-electron chi connectivity index (χ1n) is 10.7. The normalized spacial score (nSPS) is 37.6. The second kappa shape index (κ2) is 9.09. The highest BCUT2D eigenvalue weighted by atomic mass is 14.3. The van der Waals surface area contributed by atoms with Gasteiger partial charge in [0.05, 0.1) is 0 Å². The van der Waals surface area contributed by atoms with E-state index in [2.05, 4.69) is 31.2 Å². The van der Waals surface area contributed by atoms with Crippen LogP contribution in [0, 0.1) is 29.6 Å². The Hall–Kier alpha value is -0.520. The molecule has 0 heteroatoms. The molecule has 0 N–H and O–H groups in total. The highest BCUT2D eigenvalue weighted by Crippen LogP contribution is 2.42. The molecule has 3 aliphatic carbocycles. The molecular formula is C23H38. The predicted octanol–water partition coefficient (Wildman–Crippen LogP) is 7.31. The highest BCUT2D eigenvalue weighted by molar-refractivity contribution is 4.97. The van der Waals surface area contributed by atoms with Crippen molar-refractivity contribution < 1.29 is 0 Å². The Kier molecular flexibility index (Phi) is 6.84. The highest BCUT2D eigenvalue weighted by Gasteiger charge is 2.29. The van der Waals surface area contributed by atoms with E-state index in [9.17, 15) is 0 Å². The molecule has 0 nitrogen and oxygen atoms in total. The minimum Gasteiger partial charge on any atom is -0.0914 e. The van der Waals surface area contributed by atoms with Crippen LogP contribution in [0.15, 0.2) is 24.3 Å². The predicted molar refractivity (Wildman–Crippen MR) is 101 cm³/mol. The summed E-state index contributed by atoms with van der Waals surface area (Å²) in [4.78, 5) is 0. The summed E-state index contributed by atoms with van der Waals surface area (Å²) in [5.41, 5.74) is 0. The van der Waals surface area contributed by atoms with Crippen molar-refractivity contribution >= 4 is 0 Å². The fraction of sp³-hybridized carbons (Fsp3) is 0.826. The molecule has 23 heavy (non-hydrogen) atoms. The third-order valence-electron chi connectivity index (χ3n) is 7.07. The van der Waals surface area contributed by atoms with Crippen molar-refractivity contribution in [3.05, 3.63) is 24.3 Å². The van der Waals surface area contributed by atoms with Gasteiger partial charge in [0.2, 0.25) is 0 Å². The van der Waals surface area contributed by atoms with Crippen LogP contribution in [-0.2, 0) is 0 Å². The van der Waals surface area contributed by atoms with Gasteiger partial charge in [0.15, 0.2) is 0 Å². The summed E-state index contributed by atoms with van der Waals surface area (Å²) in [7, 11) is 0. The van der Waals surface area contributed by atoms with Gasteiger partial charge in [-0.2, -0.15) is 0 Å². The van der Waals surface area contributed by atoms with Crippen molar-refractivity contribution in [2.75, 3.05) is 0 Å². The summed E-state index contributed by atoms with van der Waals surface area (Å²) in [6.45, 7) is 2.17. The van der Waals surface area contributed by atoms with Crippen LogP contribution in [0.1, 0.15) is 90.4 Å². The molecule has 0 spiro atoms. The average Bonchev–Trinajstić information content (AvgIpc) is 2.62. The van der Waals surface area contributed by atoms with Crippen molar-refractivity contribution in [3.63, 3.8) is 0 Å². The maximum atomic E-state index is 2.62. The lowest BCUT2D eigenvalue weighted by molar-refractivity contribution is 0.166. The summed E-state index contributed by atoms with van der Waals surface area (Å²) < 4.78 is 0. The summed E-state index contributed by atoms with van der Waals surface area (Å²) in [5.74, 6) is 4.84. The van der Waals surface area contributed by atoms with E-state index in [1.54, 1.807) is 0 Å². The van der Waals surface area contributed by atoms with Gasteiger partial charge in [0.1, 0.15) is 0 Å². The van der Waals surface area contributed by atoms with Crippen LogP contribution in [0.5, 0.6) is 0 Å². The van der Waals surface area contributed by atoms with Gasteiger partial charge in [-0.15, -0.1) is 0 Å². The fourth-order valence-corrected chi connectivity index (χ4v) is 5.53. The van der Waals surface area contributed by atoms with E-state index in [-0.39, 0.29) is 0 Å². The molecule has 0 aromatic rings. The summed E-state index contributed by atoms with van der Waals surface area (Å²) in [6.07, 6.45) is 29.2.